The quantitative estimate of drug-likeness (QED) is 0.357. The van der Waals surface area contributed by atoms with Crippen molar-refractivity contribution in [3.05, 3.63) is 95.1 Å². The number of benzene rings is 3. The molecule has 4 nitrogen and oxygen atoms in total. The minimum atomic E-state index is -0.452. The molecule has 0 aliphatic carbocycles. The van der Waals surface area contributed by atoms with Gasteiger partial charge in [0.2, 0.25) is 0 Å². The number of hydrogen-bond donors (Lipinski definition) is 0. The first-order chi connectivity index (χ1) is 19.0. The molecule has 3 aromatic carbocycles. The molecule has 0 amide bonds. The summed E-state index contributed by atoms with van der Waals surface area (Å²) >= 11 is 0. The molecule has 0 saturated carbocycles. The lowest BCUT2D eigenvalue weighted by atomic mass is 9.73. The third-order valence-electron chi connectivity index (χ3n) is 8.53. The molecule has 39 heavy (non-hydrogen) atoms. The average Bonchev–Trinajstić information content (AvgIpc) is 2.95. The highest BCUT2D eigenvalue weighted by molar-refractivity contribution is 5.33. The molecule has 1 spiro atoms. The Balaban J connectivity index is 1.32. The zero-order valence-electron chi connectivity index (χ0n) is 23.0. The lowest BCUT2D eigenvalue weighted by Crippen LogP contribution is -2.47. The van der Waals surface area contributed by atoms with Crippen LogP contribution in [0.15, 0.2) is 66.7 Å². The summed E-state index contributed by atoms with van der Waals surface area (Å²) in [5.41, 5.74) is 2.90. The smallest absolute Gasteiger partial charge is 0.130 e. The number of piperidine rings is 1. The second kappa shape index (κ2) is 12.9. The number of halogens is 2. The first-order valence-corrected chi connectivity index (χ1v) is 14.2. The maximum absolute atomic E-state index is 14.3. The topological polar surface area (TPSA) is 24.9 Å². The van der Waals surface area contributed by atoms with Crippen molar-refractivity contribution in [2.45, 2.75) is 51.6 Å². The van der Waals surface area contributed by atoms with Gasteiger partial charge >= 0.3 is 0 Å². The van der Waals surface area contributed by atoms with Crippen molar-refractivity contribution in [2.75, 3.05) is 39.9 Å². The predicted octanol–water partition coefficient (Wildman–Crippen LogP) is 6.86. The molecular weight excluding hydrogens is 494 g/mol. The predicted molar refractivity (Wildman–Crippen MR) is 151 cm³/mol. The summed E-state index contributed by atoms with van der Waals surface area (Å²) in [7, 11) is 1.69. The van der Waals surface area contributed by atoms with E-state index < -0.39 is 11.6 Å². The van der Waals surface area contributed by atoms with Gasteiger partial charge in [0.05, 0.1) is 7.11 Å². The van der Waals surface area contributed by atoms with Gasteiger partial charge in [0.15, 0.2) is 0 Å². The summed E-state index contributed by atoms with van der Waals surface area (Å²) in [5, 5.41) is 0. The first-order valence-electron chi connectivity index (χ1n) is 14.2. The van der Waals surface area contributed by atoms with E-state index in [0.29, 0.717) is 13.2 Å². The molecule has 208 valence electrons. The number of para-hydroxylation sites is 1. The van der Waals surface area contributed by atoms with Gasteiger partial charge in [-0.15, -0.1) is 0 Å². The summed E-state index contributed by atoms with van der Waals surface area (Å²) in [5.74, 6) is 0.966. The van der Waals surface area contributed by atoms with Crippen LogP contribution in [-0.2, 0) is 19.5 Å². The van der Waals surface area contributed by atoms with Crippen molar-refractivity contribution in [2.24, 2.45) is 5.41 Å². The summed E-state index contributed by atoms with van der Waals surface area (Å²) < 4.78 is 40.3. The van der Waals surface area contributed by atoms with Crippen LogP contribution in [0.1, 0.15) is 48.8 Å². The number of hydrogen-bond acceptors (Lipinski definition) is 4. The maximum atomic E-state index is 14.3. The monoisotopic (exact) mass is 534 g/mol. The molecule has 1 saturated heterocycles. The van der Waals surface area contributed by atoms with E-state index in [1.54, 1.807) is 7.11 Å². The average molecular weight is 535 g/mol. The fourth-order valence-corrected chi connectivity index (χ4v) is 6.21. The van der Waals surface area contributed by atoms with Gasteiger partial charge in [0.25, 0.3) is 0 Å². The third-order valence-corrected chi connectivity index (χ3v) is 8.53. The highest BCUT2D eigenvalue weighted by Gasteiger charge is 2.36. The van der Waals surface area contributed by atoms with Crippen molar-refractivity contribution in [3.8, 4) is 11.5 Å². The fraction of sp³-hybridized carbons (Fsp3) is 0.455. The first kappa shape index (κ1) is 27.6. The van der Waals surface area contributed by atoms with E-state index in [9.17, 15) is 8.78 Å². The molecule has 3 aromatic rings. The zero-order valence-corrected chi connectivity index (χ0v) is 23.0. The van der Waals surface area contributed by atoms with Gasteiger partial charge in [0.1, 0.15) is 29.7 Å². The van der Waals surface area contributed by atoms with Gasteiger partial charge < -0.3 is 9.47 Å². The molecular formula is C33H40F2N2O2. The van der Waals surface area contributed by atoms with Gasteiger partial charge in [-0.05, 0) is 92.1 Å². The Hall–Kier alpha value is -2.96. The number of ether oxygens (including phenoxy) is 2. The summed E-state index contributed by atoms with van der Waals surface area (Å²) in [6.07, 6.45) is 6.54. The van der Waals surface area contributed by atoms with Crippen molar-refractivity contribution in [3.63, 3.8) is 0 Å². The molecule has 2 aliphatic heterocycles. The molecule has 2 aliphatic rings. The largest absolute Gasteiger partial charge is 0.497 e. The molecule has 5 rings (SSSR count). The van der Waals surface area contributed by atoms with Crippen molar-refractivity contribution < 1.29 is 18.3 Å². The molecule has 0 N–H and O–H groups in total. The van der Waals surface area contributed by atoms with Crippen LogP contribution in [0.3, 0.4) is 0 Å². The molecule has 1 fully saturated rings. The summed E-state index contributed by atoms with van der Waals surface area (Å²) in [4.78, 5) is 4.76. The second-order valence-electron chi connectivity index (χ2n) is 11.2. The second-order valence-corrected chi connectivity index (χ2v) is 11.2. The molecule has 0 bridgehead atoms. The van der Waals surface area contributed by atoms with Gasteiger partial charge in [0, 0.05) is 31.7 Å². The van der Waals surface area contributed by atoms with Crippen molar-refractivity contribution >= 4 is 0 Å². The van der Waals surface area contributed by atoms with E-state index in [4.69, 9.17) is 9.47 Å². The van der Waals surface area contributed by atoms with Crippen LogP contribution in [-0.4, -0.2) is 49.7 Å². The van der Waals surface area contributed by atoms with E-state index in [-0.39, 0.29) is 11.0 Å². The number of rotatable bonds is 5. The highest BCUT2D eigenvalue weighted by Crippen LogP contribution is 2.39. The third kappa shape index (κ3) is 7.17. The summed E-state index contributed by atoms with van der Waals surface area (Å²) in [6, 6.07) is 20.9. The van der Waals surface area contributed by atoms with Crippen LogP contribution in [0.25, 0.3) is 0 Å². The van der Waals surface area contributed by atoms with E-state index >= 15 is 0 Å². The molecule has 0 atom stereocenters. The van der Waals surface area contributed by atoms with Gasteiger partial charge in [-0.2, -0.15) is 0 Å². The number of likely N-dealkylation sites (tertiary alicyclic amines) is 1. The molecule has 2 heterocycles. The lowest BCUT2D eigenvalue weighted by Gasteiger charge is -2.45. The molecule has 0 radical (unpaired) electrons. The zero-order chi connectivity index (χ0) is 27.1. The fourth-order valence-electron chi connectivity index (χ4n) is 6.21. The Morgan fingerprint density at radius 1 is 0.795 bits per heavy atom. The number of fused-ring (bicyclic) bond motifs is 1. The Bertz CT molecular complexity index is 1190. The van der Waals surface area contributed by atoms with Crippen molar-refractivity contribution in [1.29, 1.82) is 0 Å². The van der Waals surface area contributed by atoms with E-state index in [0.717, 1.165) is 82.7 Å². The highest BCUT2D eigenvalue weighted by atomic mass is 19.1. The molecule has 0 aromatic heterocycles. The van der Waals surface area contributed by atoms with Crippen LogP contribution in [0, 0.1) is 17.0 Å². The Morgan fingerprint density at radius 3 is 2.28 bits per heavy atom. The van der Waals surface area contributed by atoms with E-state index in [2.05, 4.69) is 46.2 Å². The van der Waals surface area contributed by atoms with Gasteiger partial charge in [-0.1, -0.05) is 42.8 Å². The van der Waals surface area contributed by atoms with Crippen LogP contribution in [0.4, 0.5) is 8.78 Å². The van der Waals surface area contributed by atoms with Crippen LogP contribution >= 0.6 is 0 Å². The van der Waals surface area contributed by atoms with Crippen LogP contribution in [0.5, 0.6) is 11.5 Å². The normalized spacial score (nSPS) is 18.9. The van der Waals surface area contributed by atoms with Crippen LogP contribution < -0.4 is 9.47 Å². The number of methoxy groups -OCH3 is 1. The van der Waals surface area contributed by atoms with Gasteiger partial charge in [-0.25, -0.2) is 8.78 Å². The van der Waals surface area contributed by atoms with Gasteiger partial charge in [-0.3, -0.25) is 9.80 Å². The van der Waals surface area contributed by atoms with Crippen molar-refractivity contribution in [1.82, 2.24) is 9.80 Å². The van der Waals surface area contributed by atoms with E-state index in [1.165, 1.54) is 29.3 Å². The standard InChI is InChI=1S/C33H40F2N2O2/c1-38-28-14-12-26(13-15-28)23-37-21-22-39-32-11-3-2-7-27(32)8-4-5-16-33(25-37)17-19-36(20-18-33)24-29-30(34)9-6-10-31(29)35/h2-3,6-7,9-15H,4-5,8,16-25H2,1H3. The Kier molecular flexibility index (Phi) is 9.15. The minimum absolute atomic E-state index is 0.176. The lowest BCUT2D eigenvalue weighted by molar-refractivity contribution is 0.0403. The number of aryl methyl sites for hydroxylation is 1. The Morgan fingerprint density at radius 2 is 1.54 bits per heavy atom. The Labute approximate surface area is 231 Å². The molecule has 0 unspecified atom stereocenters. The molecule has 6 heteroatoms. The van der Waals surface area contributed by atoms with E-state index in [1.807, 2.05) is 12.1 Å². The minimum Gasteiger partial charge on any atom is -0.497 e. The summed E-state index contributed by atoms with van der Waals surface area (Å²) in [6.45, 7) is 5.35. The number of nitrogens with zero attached hydrogens (tertiary/aromatic N) is 2. The van der Waals surface area contributed by atoms with Crippen LogP contribution in [0.2, 0.25) is 0 Å². The maximum Gasteiger partial charge on any atom is 0.130 e. The SMILES string of the molecule is COc1ccc(CN2CCOc3ccccc3CCCCC3(CCN(Cc4c(F)cccc4F)CC3)C2)cc1.